The first-order valence-electron chi connectivity index (χ1n) is 6.62. The van der Waals surface area contributed by atoms with Crippen molar-refractivity contribution in [3.63, 3.8) is 0 Å². The van der Waals surface area contributed by atoms with E-state index in [1.165, 1.54) is 6.33 Å². The SMILES string of the molecule is CN(C)CCCN(C)c1cc2nc[nH]c(=O)c2cc1N. The van der Waals surface area contributed by atoms with Gasteiger partial charge in [-0.05, 0) is 39.2 Å². The molecule has 2 aromatic rings. The molecule has 0 spiro atoms. The molecule has 0 amide bonds. The average molecular weight is 275 g/mol. The van der Waals surface area contributed by atoms with E-state index < -0.39 is 0 Å². The van der Waals surface area contributed by atoms with Crippen LogP contribution in [-0.2, 0) is 0 Å². The van der Waals surface area contributed by atoms with Crippen molar-refractivity contribution in [1.29, 1.82) is 0 Å². The summed E-state index contributed by atoms with van der Waals surface area (Å²) in [5, 5.41) is 0.524. The Kier molecular flexibility index (Phi) is 4.24. The van der Waals surface area contributed by atoms with Crippen LogP contribution in [0.2, 0.25) is 0 Å². The fraction of sp³-hybridized carbons (Fsp3) is 0.429. The minimum Gasteiger partial charge on any atom is -0.397 e. The molecule has 3 N–H and O–H groups in total. The highest BCUT2D eigenvalue weighted by Crippen LogP contribution is 2.26. The van der Waals surface area contributed by atoms with Gasteiger partial charge in [0, 0.05) is 13.6 Å². The first-order valence-corrected chi connectivity index (χ1v) is 6.62. The van der Waals surface area contributed by atoms with Gasteiger partial charge in [-0.15, -0.1) is 0 Å². The van der Waals surface area contributed by atoms with Crippen LogP contribution < -0.4 is 16.2 Å². The molecule has 108 valence electrons. The van der Waals surface area contributed by atoms with Crippen molar-refractivity contribution in [3.05, 3.63) is 28.8 Å². The maximum Gasteiger partial charge on any atom is 0.258 e. The lowest BCUT2D eigenvalue weighted by molar-refractivity contribution is 0.402. The molecule has 0 aliphatic carbocycles. The lowest BCUT2D eigenvalue weighted by Gasteiger charge is -2.22. The van der Waals surface area contributed by atoms with Crippen LogP contribution in [0.5, 0.6) is 0 Å². The molecule has 2 rings (SSSR count). The zero-order valence-corrected chi connectivity index (χ0v) is 12.2. The lowest BCUT2D eigenvalue weighted by Crippen LogP contribution is -2.24. The monoisotopic (exact) mass is 275 g/mol. The highest BCUT2D eigenvalue weighted by atomic mass is 16.1. The summed E-state index contributed by atoms with van der Waals surface area (Å²) in [5.74, 6) is 0. The number of hydrogen-bond donors (Lipinski definition) is 2. The first kappa shape index (κ1) is 14.3. The van der Waals surface area contributed by atoms with Crippen molar-refractivity contribution in [2.45, 2.75) is 6.42 Å². The summed E-state index contributed by atoms with van der Waals surface area (Å²) in [6.07, 6.45) is 2.46. The normalized spacial score (nSPS) is 11.2. The van der Waals surface area contributed by atoms with Crippen LogP contribution in [0.3, 0.4) is 0 Å². The molecule has 1 aromatic carbocycles. The van der Waals surface area contributed by atoms with Gasteiger partial charge in [-0.1, -0.05) is 0 Å². The molecular weight excluding hydrogens is 254 g/mol. The van der Waals surface area contributed by atoms with Gasteiger partial charge in [-0.2, -0.15) is 0 Å². The maximum absolute atomic E-state index is 11.7. The van der Waals surface area contributed by atoms with Crippen LogP contribution in [0.1, 0.15) is 6.42 Å². The van der Waals surface area contributed by atoms with Crippen molar-refractivity contribution < 1.29 is 0 Å². The number of rotatable bonds is 5. The Morgan fingerprint density at radius 1 is 1.25 bits per heavy atom. The highest BCUT2D eigenvalue weighted by Gasteiger charge is 2.09. The molecule has 0 saturated heterocycles. The van der Waals surface area contributed by atoms with Gasteiger partial charge in [0.05, 0.1) is 28.6 Å². The fourth-order valence-electron chi connectivity index (χ4n) is 2.20. The fourth-order valence-corrected chi connectivity index (χ4v) is 2.20. The molecule has 20 heavy (non-hydrogen) atoms. The molecule has 1 heterocycles. The molecule has 6 heteroatoms. The molecule has 0 saturated carbocycles. The van der Waals surface area contributed by atoms with E-state index in [9.17, 15) is 4.79 Å². The van der Waals surface area contributed by atoms with E-state index in [2.05, 4.69) is 33.9 Å². The largest absolute Gasteiger partial charge is 0.397 e. The Labute approximate surface area is 118 Å². The van der Waals surface area contributed by atoms with E-state index in [0.29, 0.717) is 16.6 Å². The van der Waals surface area contributed by atoms with Crippen LogP contribution >= 0.6 is 0 Å². The number of benzene rings is 1. The zero-order chi connectivity index (χ0) is 14.7. The summed E-state index contributed by atoms with van der Waals surface area (Å²) in [7, 11) is 6.11. The van der Waals surface area contributed by atoms with Crippen molar-refractivity contribution in [2.75, 3.05) is 44.9 Å². The minimum atomic E-state index is -0.163. The summed E-state index contributed by atoms with van der Waals surface area (Å²) in [4.78, 5) is 22.7. The van der Waals surface area contributed by atoms with E-state index in [-0.39, 0.29) is 5.56 Å². The molecular formula is C14H21N5O. The molecule has 0 aliphatic rings. The van der Waals surface area contributed by atoms with Crippen LogP contribution in [0.15, 0.2) is 23.3 Å². The summed E-state index contributed by atoms with van der Waals surface area (Å²) in [6, 6.07) is 3.56. The van der Waals surface area contributed by atoms with Gasteiger partial charge in [0.1, 0.15) is 0 Å². The molecule has 0 fully saturated rings. The van der Waals surface area contributed by atoms with Gasteiger partial charge >= 0.3 is 0 Å². The molecule has 6 nitrogen and oxygen atoms in total. The second-order valence-corrected chi connectivity index (χ2v) is 5.24. The van der Waals surface area contributed by atoms with E-state index in [1.54, 1.807) is 6.07 Å². The first-order chi connectivity index (χ1) is 9.49. The Morgan fingerprint density at radius 2 is 2.00 bits per heavy atom. The van der Waals surface area contributed by atoms with Gasteiger partial charge in [0.25, 0.3) is 5.56 Å². The number of nitrogens with two attached hydrogens (primary N) is 1. The Balaban J connectivity index is 2.25. The van der Waals surface area contributed by atoms with Gasteiger partial charge in [0.15, 0.2) is 0 Å². The van der Waals surface area contributed by atoms with E-state index >= 15 is 0 Å². The van der Waals surface area contributed by atoms with E-state index in [1.807, 2.05) is 13.1 Å². The lowest BCUT2D eigenvalue weighted by atomic mass is 10.1. The highest BCUT2D eigenvalue weighted by molar-refractivity contribution is 5.88. The summed E-state index contributed by atoms with van der Waals surface area (Å²) in [5.41, 5.74) is 8.07. The molecule has 0 atom stereocenters. The van der Waals surface area contributed by atoms with Gasteiger partial charge in [-0.25, -0.2) is 4.98 Å². The van der Waals surface area contributed by atoms with Crippen molar-refractivity contribution in [1.82, 2.24) is 14.9 Å². The minimum absolute atomic E-state index is 0.163. The van der Waals surface area contributed by atoms with Crippen molar-refractivity contribution in [2.24, 2.45) is 0 Å². The molecule has 0 radical (unpaired) electrons. The van der Waals surface area contributed by atoms with Crippen LogP contribution in [0.4, 0.5) is 11.4 Å². The van der Waals surface area contributed by atoms with E-state index in [4.69, 9.17) is 5.73 Å². The summed E-state index contributed by atoms with van der Waals surface area (Å²) >= 11 is 0. The average Bonchev–Trinajstić information content (AvgIpc) is 2.38. The Morgan fingerprint density at radius 3 is 2.70 bits per heavy atom. The van der Waals surface area contributed by atoms with Crippen molar-refractivity contribution >= 4 is 22.3 Å². The Bertz CT molecular complexity index is 650. The van der Waals surface area contributed by atoms with Crippen LogP contribution in [-0.4, -0.2) is 49.1 Å². The number of aromatic nitrogens is 2. The quantitative estimate of drug-likeness (QED) is 0.792. The third-order valence-electron chi connectivity index (χ3n) is 3.30. The second kappa shape index (κ2) is 5.92. The third kappa shape index (κ3) is 3.08. The summed E-state index contributed by atoms with van der Waals surface area (Å²) in [6.45, 7) is 1.92. The smallest absolute Gasteiger partial charge is 0.258 e. The molecule has 0 unspecified atom stereocenters. The third-order valence-corrected chi connectivity index (χ3v) is 3.30. The Hall–Kier alpha value is -2.08. The number of hydrogen-bond acceptors (Lipinski definition) is 5. The number of fused-ring (bicyclic) bond motifs is 1. The topological polar surface area (TPSA) is 78.2 Å². The number of nitrogens with zero attached hydrogens (tertiary/aromatic N) is 3. The number of H-pyrrole nitrogens is 1. The number of anilines is 2. The van der Waals surface area contributed by atoms with Gasteiger partial charge in [-0.3, -0.25) is 4.79 Å². The van der Waals surface area contributed by atoms with Gasteiger partial charge in [0.2, 0.25) is 0 Å². The van der Waals surface area contributed by atoms with E-state index in [0.717, 1.165) is 25.2 Å². The predicted octanol–water partition coefficient (Wildman–Crippen LogP) is 0.893. The predicted molar refractivity (Wildman–Crippen MR) is 83.2 cm³/mol. The molecule has 0 aliphatic heterocycles. The zero-order valence-electron chi connectivity index (χ0n) is 12.2. The molecule has 1 aromatic heterocycles. The van der Waals surface area contributed by atoms with Crippen LogP contribution in [0, 0.1) is 0 Å². The van der Waals surface area contributed by atoms with Gasteiger partial charge < -0.3 is 20.5 Å². The standard InChI is InChI=1S/C14H21N5O/c1-18(2)5-4-6-19(3)13-8-12-10(7-11(13)15)14(20)17-9-16-12/h7-9H,4-6,15H2,1-3H3,(H,16,17,20). The maximum atomic E-state index is 11.7. The second-order valence-electron chi connectivity index (χ2n) is 5.24. The number of nitrogen functional groups attached to an aromatic ring is 1. The number of aromatic amines is 1. The van der Waals surface area contributed by atoms with Crippen molar-refractivity contribution in [3.8, 4) is 0 Å². The summed E-state index contributed by atoms with van der Waals surface area (Å²) < 4.78 is 0. The van der Waals surface area contributed by atoms with Crippen LogP contribution in [0.25, 0.3) is 10.9 Å². The number of nitrogens with one attached hydrogen (secondary N) is 1. The molecule has 0 bridgehead atoms.